The number of H-pyrrole nitrogens is 1. The van der Waals surface area contributed by atoms with Crippen LogP contribution in [0, 0.1) is 0 Å². The number of anilines is 1. The lowest BCUT2D eigenvalue weighted by Crippen LogP contribution is -2.27. The van der Waals surface area contributed by atoms with Crippen LogP contribution in [-0.2, 0) is 6.42 Å². The quantitative estimate of drug-likeness (QED) is 0.536. The number of aliphatic hydroxyl groups excluding tert-OH is 1. The molecule has 0 saturated heterocycles. The molecule has 8 nitrogen and oxygen atoms in total. The van der Waals surface area contributed by atoms with Crippen molar-refractivity contribution < 1.29 is 15.0 Å². The Hall–Kier alpha value is -3.00. The third-order valence-corrected chi connectivity index (χ3v) is 3.36. The molecule has 2 heterocycles. The maximum atomic E-state index is 11.1. The Balaban J connectivity index is 1.89. The van der Waals surface area contributed by atoms with Gasteiger partial charge in [-0.15, -0.1) is 0 Å². The first kappa shape index (κ1) is 14.9. The largest absolute Gasteiger partial charge is 0.475 e. The van der Waals surface area contributed by atoms with E-state index in [-0.39, 0.29) is 24.3 Å². The molecule has 3 aromatic rings. The first-order chi connectivity index (χ1) is 11.2. The van der Waals surface area contributed by atoms with Crippen molar-refractivity contribution in [3.63, 3.8) is 0 Å². The Labute approximate surface area is 131 Å². The highest BCUT2D eigenvalue weighted by Gasteiger charge is 2.17. The molecular weight excluding hydrogens is 298 g/mol. The first-order valence-electron chi connectivity index (χ1n) is 7.03. The third-order valence-electron chi connectivity index (χ3n) is 3.36. The number of aromatic amines is 1. The zero-order valence-electron chi connectivity index (χ0n) is 12.1. The number of hydrogen-bond acceptors (Lipinski definition) is 6. The minimum absolute atomic E-state index is 0.132. The average Bonchev–Trinajstić information content (AvgIpc) is 3.03. The summed E-state index contributed by atoms with van der Waals surface area (Å²) < 4.78 is 0. The van der Waals surface area contributed by atoms with Gasteiger partial charge in [-0.1, -0.05) is 30.3 Å². The topological polar surface area (TPSA) is 124 Å². The van der Waals surface area contributed by atoms with E-state index in [2.05, 4.69) is 25.3 Å². The van der Waals surface area contributed by atoms with E-state index < -0.39 is 5.97 Å². The Morgan fingerprint density at radius 1 is 1.26 bits per heavy atom. The summed E-state index contributed by atoms with van der Waals surface area (Å²) in [4.78, 5) is 25.9. The summed E-state index contributed by atoms with van der Waals surface area (Å²) in [5.41, 5.74) is 1.81. The molecule has 0 fully saturated rings. The van der Waals surface area contributed by atoms with E-state index in [9.17, 15) is 9.90 Å². The summed E-state index contributed by atoms with van der Waals surface area (Å²) in [6.45, 7) is -0.132. The van der Waals surface area contributed by atoms with Gasteiger partial charge < -0.3 is 20.5 Å². The van der Waals surface area contributed by atoms with Crippen molar-refractivity contribution in [2.24, 2.45) is 0 Å². The minimum atomic E-state index is -1.23. The van der Waals surface area contributed by atoms with Crippen LogP contribution in [0.2, 0.25) is 0 Å². The molecule has 0 aliphatic rings. The summed E-state index contributed by atoms with van der Waals surface area (Å²) >= 11 is 0. The number of nitrogens with zero attached hydrogens (tertiary/aromatic N) is 3. The number of nitrogens with one attached hydrogen (secondary N) is 2. The number of carboxylic acids is 1. The van der Waals surface area contributed by atoms with Gasteiger partial charge in [-0.2, -0.15) is 0 Å². The molecule has 0 radical (unpaired) electrons. The predicted molar refractivity (Wildman–Crippen MR) is 83.3 cm³/mol. The number of aliphatic hydroxyl groups is 1. The Bertz CT molecular complexity index is 818. The number of aromatic nitrogens is 4. The van der Waals surface area contributed by atoms with E-state index in [4.69, 9.17) is 5.11 Å². The van der Waals surface area contributed by atoms with Crippen LogP contribution in [0.1, 0.15) is 16.2 Å². The lowest BCUT2D eigenvalue weighted by molar-refractivity contribution is 0.0684. The van der Waals surface area contributed by atoms with Gasteiger partial charge in [-0.25, -0.2) is 19.7 Å². The average molecular weight is 313 g/mol. The summed E-state index contributed by atoms with van der Waals surface area (Å²) in [6.07, 6.45) is 1.98. The fourth-order valence-corrected chi connectivity index (χ4v) is 2.29. The molecule has 0 unspecified atom stereocenters. The predicted octanol–water partition coefficient (Wildman–Crippen LogP) is 1.07. The number of fused-ring (bicyclic) bond motifs is 1. The molecule has 4 N–H and O–H groups in total. The van der Waals surface area contributed by atoms with Crippen LogP contribution in [0.15, 0.2) is 36.7 Å². The van der Waals surface area contributed by atoms with Crippen molar-refractivity contribution in [3.8, 4) is 0 Å². The van der Waals surface area contributed by atoms with Crippen molar-refractivity contribution in [1.29, 1.82) is 0 Å². The Morgan fingerprint density at radius 3 is 2.74 bits per heavy atom. The number of rotatable bonds is 6. The van der Waals surface area contributed by atoms with Crippen LogP contribution in [0.5, 0.6) is 0 Å². The van der Waals surface area contributed by atoms with Crippen LogP contribution in [-0.4, -0.2) is 48.8 Å². The molecule has 0 amide bonds. The summed E-state index contributed by atoms with van der Waals surface area (Å²) in [5.74, 6) is -1.28. The molecule has 0 aliphatic heterocycles. The van der Waals surface area contributed by atoms with Crippen LogP contribution < -0.4 is 5.32 Å². The molecule has 1 aromatic carbocycles. The van der Waals surface area contributed by atoms with E-state index in [0.717, 1.165) is 5.56 Å². The molecule has 23 heavy (non-hydrogen) atoms. The van der Waals surface area contributed by atoms with Crippen molar-refractivity contribution in [1.82, 2.24) is 19.9 Å². The summed E-state index contributed by atoms with van der Waals surface area (Å²) in [7, 11) is 0. The van der Waals surface area contributed by atoms with E-state index >= 15 is 0 Å². The van der Waals surface area contributed by atoms with E-state index in [0.29, 0.717) is 17.6 Å². The molecular formula is C15H15N5O3. The second-order valence-electron chi connectivity index (χ2n) is 5.01. The monoisotopic (exact) mass is 313 g/mol. The Kier molecular flexibility index (Phi) is 4.15. The van der Waals surface area contributed by atoms with Crippen LogP contribution in [0.25, 0.3) is 11.2 Å². The van der Waals surface area contributed by atoms with E-state index in [1.807, 2.05) is 30.3 Å². The zero-order chi connectivity index (χ0) is 16.2. The highest BCUT2D eigenvalue weighted by atomic mass is 16.4. The first-order valence-corrected chi connectivity index (χ1v) is 7.03. The smallest absolute Gasteiger partial charge is 0.374 e. The normalized spacial score (nSPS) is 12.2. The second-order valence-corrected chi connectivity index (χ2v) is 5.01. The molecule has 0 bridgehead atoms. The maximum Gasteiger partial charge on any atom is 0.374 e. The van der Waals surface area contributed by atoms with Crippen molar-refractivity contribution >= 4 is 23.0 Å². The van der Waals surface area contributed by atoms with Gasteiger partial charge in [0, 0.05) is 0 Å². The number of benzene rings is 1. The molecule has 8 heteroatoms. The highest BCUT2D eigenvalue weighted by molar-refractivity contribution is 5.90. The molecule has 0 saturated carbocycles. The lowest BCUT2D eigenvalue weighted by atomic mass is 10.1. The minimum Gasteiger partial charge on any atom is -0.475 e. The SMILES string of the molecule is O=C(O)c1nc(N[C@H](CO)Cc2ccccc2)c2nc[nH]c2n1. The van der Waals surface area contributed by atoms with Crippen LogP contribution in [0.3, 0.4) is 0 Å². The van der Waals surface area contributed by atoms with Gasteiger partial charge in [0.15, 0.2) is 11.5 Å². The second kappa shape index (κ2) is 6.41. The Morgan fingerprint density at radius 2 is 2.04 bits per heavy atom. The fourth-order valence-electron chi connectivity index (χ4n) is 2.29. The number of aromatic carboxylic acids is 1. The molecule has 1 atom stereocenters. The standard InChI is InChI=1S/C15H15N5O3/c21-7-10(6-9-4-2-1-3-5-9)18-13-11-12(17-8-16-11)19-14(20-13)15(22)23/h1-5,8,10,21H,6-7H2,(H,22,23)(H2,16,17,18,19,20)/t10-/m0/s1. The fraction of sp³-hybridized carbons (Fsp3) is 0.200. The van der Waals surface area contributed by atoms with Gasteiger partial charge in [-0.3, -0.25) is 0 Å². The van der Waals surface area contributed by atoms with Gasteiger partial charge >= 0.3 is 5.97 Å². The number of hydrogen-bond donors (Lipinski definition) is 4. The molecule has 2 aromatic heterocycles. The summed E-state index contributed by atoms with van der Waals surface area (Å²) in [5, 5.41) is 21.8. The van der Waals surface area contributed by atoms with Gasteiger partial charge in [0.25, 0.3) is 0 Å². The molecule has 3 rings (SSSR count). The zero-order valence-corrected chi connectivity index (χ0v) is 12.1. The van der Waals surface area contributed by atoms with Crippen molar-refractivity contribution in [3.05, 3.63) is 48.0 Å². The van der Waals surface area contributed by atoms with Crippen molar-refractivity contribution in [2.75, 3.05) is 11.9 Å². The van der Waals surface area contributed by atoms with Gasteiger partial charge in [0.1, 0.15) is 5.52 Å². The summed E-state index contributed by atoms with van der Waals surface area (Å²) in [6, 6.07) is 9.34. The van der Waals surface area contributed by atoms with E-state index in [1.54, 1.807) is 0 Å². The number of carbonyl (C=O) groups is 1. The number of carboxylic acid groups (broad SMARTS) is 1. The highest BCUT2D eigenvalue weighted by Crippen LogP contribution is 2.18. The van der Waals surface area contributed by atoms with E-state index in [1.165, 1.54) is 6.33 Å². The molecule has 0 aliphatic carbocycles. The molecule has 0 spiro atoms. The third kappa shape index (κ3) is 3.27. The lowest BCUT2D eigenvalue weighted by Gasteiger charge is -2.17. The van der Waals surface area contributed by atoms with Crippen molar-refractivity contribution in [2.45, 2.75) is 12.5 Å². The number of imidazole rings is 1. The van der Waals surface area contributed by atoms with Gasteiger partial charge in [0.05, 0.1) is 19.0 Å². The van der Waals surface area contributed by atoms with Crippen LogP contribution in [0.4, 0.5) is 5.82 Å². The maximum absolute atomic E-state index is 11.1. The van der Waals surface area contributed by atoms with Gasteiger partial charge in [0.2, 0.25) is 5.82 Å². The van der Waals surface area contributed by atoms with Crippen LogP contribution >= 0.6 is 0 Å². The van der Waals surface area contributed by atoms with Gasteiger partial charge in [-0.05, 0) is 12.0 Å². The molecule has 118 valence electrons.